The lowest BCUT2D eigenvalue weighted by atomic mass is 10.2. The molecule has 6 nitrogen and oxygen atoms in total. The second-order valence-electron chi connectivity index (χ2n) is 3.62. The highest BCUT2D eigenvalue weighted by Gasteiger charge is 2.18. The Morgan fingerprint density at radius 2 is 2.05 bits per heavy atom. The van der Waals surface area contributed by atoms with Crippen molar-refractivity contribution in [3.63, 3.8) is 0 Å². The zero-order valence-corrected chi connectivity index (χ0v) is 10.8. The third kappa shape index (κ3) is 4.18. The van der Waals surface area contributed by atoms with Crippen molar-refractivity contribution in [3.8, 4) is 5.75 Å². The molecule has 0 saturated carbocycles. The highest BCUT2D eigenvalue weighted by Crippen LogP contribution is 2.19. The lowest BCUT2D eigenvalue weighted by Gasteiger charge is -2.14. The molecule has 102 valence electrons. The molecule has 0 aliphatic heterocycles. The van der Waals surface area contributed by atoms with Crippen molar-refractivity contribution in [2.75, 3.05) is 0 Å². The monoisotopic (exact) mass is 285 g/mol. The first kappa shape index (κ1) is 14.8. The van der Waals surface area contributed by atoms with Crippen LogP contribution in [0.15, 0.2) is 18.2 Å². The van der Waals surface area contributed by atoms with Gasteiger partial charge in [0.2, 0.25) is 0 Å². The maximum Gasteiger partial charge on any atom is 0.318 e. The fraction of sp³-hybridized carbons (Fsp3) is 0.182. The van der Waals surface area contributed by atoms with Crippen LogP contribution in [-0.2, 0) is 4.79 Å². The fourth-order valence-corrected chi connectivity index (χ4v) is 1.34. The van der Waals surface area contributed by atoms with Gasteiger partial charge in [-0.15, -0.1) is 0 Å². The van der Waals surface area contributed by atoms with Crippen LogP contribution in [0, 0.1) is 5.82 Å². The van der Waals surface area contributed by atoms with Crippen molar-refractivity contribution in [1.82, 2.24) is 5.32 Å². The van der Waals surface area contributed by atoms with Crippen molar-refractivity contribution < 1.29 is 18.7 Å². The maximum atomic E-state index is 13.6. The minimum atomic E-state index is -1.09. The third-order valence-electron chi connectivity index (χ3n) is 2.14. The zero-order chi connectivity index (χ0) is 14.6. The second-order valence-corrected chi connectivity index (χ2v) is 4.06. The number of nitrogens with one attached hydrogen (secondary N) is 1. The summed E-state index contributed by atoms with van der Waals surface area (Å²) in [4.78, 5) is 21.9. The molecule has 5 N–H and O–H groups in total. The number of rotatable bonds is 4. The number of carbonyl (C=O) groups is 2. The molecule has 19 heavy (non-hydrogen) atoms. The van der Waals surface area contributed by atoms with Gasteiger partial charge < -0.3 is 16.2 Å². The maximum absolute atomic E-state index is 13.6. The number of halogens is 1. The van der Waals surface area contributed by atoms with Crippen molar-refractivity contribution >= 4 is 29.1 Å². The number of urea groups is 1. The first-order valence-electron chi connectivity index (χ1n) is 5.17. The van der Waals surface area contributed by atoms with Crippen molar-refractivity contribution in [3.05, 3.63) is 29.6 Å². The smallest absolute Gasteiger partial charge is 0.318 e. The van der Waals surface area contributed by atoms with Crippen LogP contribution in [0.1, 0.15) is 12.5 Å². The average Bonchev–Trinajstić information content (AvgIpc) is 2.30. The molecule has 3 amide bonds. The van der Waals surface area contributed by atoms with Gasteiger partial charge in [0, 0.05) is 5.56 Å². The largest absolute Gasteiger partial charge is 0.478 e. The quantitative estimate of drug-likeness (QED) is 0.695. The SMILES string of the molecule is CC(Oc1ccc(C(N)=S)cc1F)C(=O)NC(N)=O. The Morgan fingerprint density at radius 3 is 2.53 bits per heavy atom. The van der Waals surface area contributed by atoms with Gasteiger partial charge in [0.15, 0.2) is 17.7 Å². The Kier molecular flexibility index (Phi) is 4.76. The number of hydrogen-bond donors (Lipinski definition) is 3. The molecule has 0 radical (unpaired) electrons. The summed E-state index contributed by atoms with van der Waals surface area (Å²) in [5.41, 5.74) is 10.5. The molecule has 1 unspecified atom stereocenters. The van der Waals surface area contributed by atoms with Gasteiger partial charge in [0.05, 0.1) is 0 Å². The minimum absolute atomic E-state index is 0.0463. The lowest BCUT2D eigenvalue weighted by Crippen LogP contribution is -2.42. The molecule has 0 bridgehead atoms. The molecule has 0 aliphatic carbocycles. The number of thiocarbonyl (C=S) groups is 1. The number of benzene rings is 1. The molecular formula is C11H12FN3O3S. The van der Waals surface area contributed by atoms with Gasteiger partial charge in [-0.25, -0.2) is 9.18 Å². The van der Waals surface area contributed by atoms with Gasteiger partial charge in [0.25, 0.3) is 5.91 Å². The predicted molar refractivity (Wildman–Crippen MR) is 70.1 cm³/mol. The molecule has 0 saturated heterocycles. The topological polar surface area (TPSA) is 107 Å². The average molecular weight is 285 g/mol. The summed E-state index contributed by atoms with van der Waals surface area (Å²) < 4.78 is 18.7. The van der Waals surface area contributed by atoms with Gasteiger partial charge in [-0.3, -0.25) is 10.1 Å². The number of primary amides is 1. The molecule has 0 spiro atoms. The van der Waals surface area contributed by atoms with Crippen LogP contribution in [0.25, 0.3) is 0 Å². The second kappa shape index (κ2) is 6.10. The lowest BCUT2D eigenvalue weighted by molar-refractivity contribution is -0.126. The molecule has 0 aromatic heterocycles. The molecule has 1 rings (SSSR count). The Morgan fingerprint density at radius 1 is 1.42 bits per heavy atom. The number of ether oxygens (including phenoxy) is 1. The van der Waals surface area contributed by atoms with E-state index in [0.717, 1.165) is 6.07 Å². The molecule has 0 aliphatic rings. The highest BCUT2D eigenvalue weighted by atomic mass is 32.1. The van der Waals surface area contributed by atoms with Crippen LogP contribution in [0.5, 0.6) is 5.75 Å². The van der Waals surface area contributed by atoms with E-state index in [4.69, 9.17) is 28.4 Å². The molecule has 1 aromatic rings. The van der Waals surface area contributed by atoms with Gasteiger partial charge in [0.1, 0.15) is 4.99 Å². The number of carbonyl (C=O) groups excluding carboxylic acids is 2. The van der Waals surface area contributed by atoms with E-state index in [1.165, 1.54) is 19.1 Å². The first-order chi connectivity index (χ1) is 8.81. The summed E-state index contributed by atoms with van der Waals surface area (Å²) in [6, 6.07) is 2.83. The van der Waals surface area contributed by atoms with Crippen LogP contribution >= 0.6 is 12.2 Å². The Bertz CT molecular complexity index is 536. The van der Waals surface area contributed by atoms with E-state index in [9.17, 15) is 14.0 Å². The first-order valence-corrected chi connectivity index (χ1v) is 5.58. The van der Waals surface area contributed by atoms with E-state index in [2.05, 4.69) is 0 Å². The summed E-state index contributed by atoms with van der Waals surface area (Å²) in [6.07, 6.45) is -1.09. The third-order valence-corrected chi connectivity index (χ3v) is 2.37. The van der Waals surface area contributed by atoms with Crippen molar-refractivity contribution in [1.29, 1.82) is 0 Å². The Labute approximate surface area is 113 Å². The van der Waals surface area contributed by atoms with E-state index in [-0.39, 0.29) is 10.7 Å². The number of nitrogens with two attached hydrogens (primary N) is 2. The summed E-state index contributed by atoms with van der Waals surface area (Å²) >= 11 is 4.70. The number of imide groups is 1. The zero-order valence-electron chi connectivity index (χ0n) is 9.98. The number of amides is 3. The minimum Gasteiger partial charge on any atom is -0.478 e. The standard InChI is InChI=1S/C11H12FN3O3S/c1-5(10(16)15-11(14)17)18-8-3-2-6(9(13)19)4-7(8)12/h2-5H,1H3,(H2,13,19)(H3,14,15,16,17). The summed E-state index contributed by atoms with van der Waals surface area (Å²) in [6.45, 7) is 1.35. The molecule has 0 fully saturated rings. The Balaban J connectivity index is 2.80. The van der Waals surface area contributed by atoms with Crippen LogP contribution < -0.4 is 21.5 Å². The van der Waals surface area contributed by atoms with Gasteiger partial charge in [-0.1, -0.05) is 12.2 Å². The van der Waals surface area contributed by atoms with E-state index in [1.54, 1.807) is 0 Å². The van der Waals surface area contributed by atoms with E-state index in [1.807, 2.05) is 5.32 Å². The molecule has 1 aromatic carbocycles. The molecule has 1 atom stereocenters. The molecule has 8 heteroatoms. The van der Waals surface area contributed by atoms with Gasteiger partial charge in [-0.05, 0) is 25.1 Å². The Hall–Kier alpha value is -2.22. The normalized spacial score (nSPS) is 11.5. The molecule has 0 heterocycles. The van der Waals surface area contributed by atoms with Crippen LogP contribution in [0.3, 0.4) is 0 Å². The van der Waals surface area contributed by atoms with Crippen molar-refractivity contribution in [2.45, 2.75) is 13.0 Å². The summed E-state index contributed by atoms with van der Waals surface area (Å²) in [5.74, 6) is -1.65. The predicted octanol–water partition coefficient (Wildman–Crippen LogP) is 0.422. The molecular weight excluding hydrogens is 273 g/mol. The van der Waals surface area contributed by atoms with Gasteiger partial charge >= 0.3 is 6.03 Å². The fourth-order valence-electron chi connectivity index (χ4n) is 1.22. The van der Waals surface area contributed by atoms with E-state index in [0.29, 0.717) is 5.56 Å². The van der Waals surface area contributed by atoms with Crippen LogP contribution in [0.4, 0.5) is 9.18 Å². The summed E-state index contributed by atoms with van der Waals surface area (Å²) in [7, 11) is 0. The van der Waals surface area contributed by atoms with E-state index >= 15 is 0 Å². The summed E-state index contributed by atoms with van der Waals surface area (Å²) in [5, 5.41) is 1.82. The van der Waals surface area contributed by atoms with Crippen molar-refractivity contribution in [2.24, 2.45) is 11.5 Å². The van der Waals surface area contributed by atoms with Gasteiger partial charge in [-0.2, -0.15) is 0 Å². The number of hydrogen-bond acceptors (Lipinski definition) is 4. The van der Waals surface area contributed by atoms with Crippen LogP contribution in [-0.4, -0.2) is 23.0 Å². The van der Waals surface area contributed by atoms with E-state index < -0.39 is 23.9 Å². The highest BCUT2D eigenvalue weighted by molar-refractivity contribution is 7.80. The van der Waals surface area contributed by atoms with Crippen LogP contribution in [0.2, 0.25) is 0 Å².